The van der Waals surface area contributed by atoms with Crippen LogP contribution in [0, 0.1) is 28.7 Å². The fraction of sp³-hybridized carbons (Fsp3) is 0.231. The number of aromatic amines is 1. The summed E-state index contributed by atoms with van der Waals surface area (Å²) in [4.78, 5) is 27.8. The van der Waals surface area contributed by atoms with Crippen LogP contribution in [0.5, 0.6) is 0 Å². The number of aryl methyl sites for hydroxylation is 1. The number of benzene rings is 1. The Morgan fingerprint density at radius 3 is 2.57 bits per heavy atom. The summed E-state index contributed by atoms with van der Waals surface area (Å²) >= 11 is 0. The van der Waals surface area contributed by atoms with Crippen molar-refractivity contribution in [2.45, 2.75) is 20.3 Å². The molecule has 21 heavy (non-hydrogen) atoms. The maximum Gasteiger partial charge on any atom is 0.305 e. The van der Waals surface area contributed by atoms with Crippen LogP contribution in [-0.2, 0) is 6.42 Å². The molecule has 0 aliphatic heterocycles. The lowest BCUT2D eigenvalue weighted by Crippen LogP contribution is -2.17. The number of nitrogens with zero attached hydrogens (tertiary/aromatic N) is 2. The van der Waals surface area contributed by atoms with E-state index >= 15 is 0 Å². The molecule has 0 bridgehead atoms. The molecular formula is C13H11F2N3O3. The first-order chi connectivity index (χ1) is 9.86. The Bertz CT molecular complexity index is 787. The molecule has 1 aromatic carbocycles. The molecule has 6 nitrogen and oxygen atoms in total. The molecule has 110 valence electrons. The molecule has 2 rings (SSSR count). The molecule has 0 saturated heterocycles. The maximum atomic E-state index is 14.1. The number of hydrogen-bond donors (Lipinski definition) is 1. The summed E-state index contributed by atoms with van der Waals surface area (Å²) in [7, 11) is 0. The average molecular weight is 295 g/mol. The van der Waals surface area contributed by atoms with Crippen molar-refractivity contribution in [3.8, 4) is 11.4 Å². The first kappa shape index (κ1) is 14.8. The van der Waals surface area contributed by atoms with E-state index in [2.05, 4.69) is 9.97 Å². The molecule has 1 aromatic heterocycles. The summed E-state index contributed by atoms with van der Waals surface area (Å²) in [6.07, 6.45) is 0.411. The zero-order valence-electron chi connectivity index (χ0n) is 11.2. The van der Waals surface area contributed by atoms with E-state index in [1.165, 1.54) is 6.92 Å². The molecule has 0 atom stereocenters. The van der Waals surface area contributed by atoms with Crippen LogP contribution in [0.1, 0.15) is 18.2 Å². The second-order valence-corrected chi connectivity index (χ2v) is 4.34. The summed E-state index contributed by atoms with van der Waals surface area (Å²) in [6, 6.07) is 1.49. The van der Waals surface area contributed by atoms with Gasteiger partial charge in [-0.15, -0.1) is 0 Å². The summed E-state index contributed by atoms with van der Waals surface area (Å²) in [5, 5.41) is 10.7. The van der Waals surface area contributed by atoms with E-state index in [1.807, 2.05) is 0 Å². The third-order valence-corrected chi connectivity index (χ3v) is 3.08. The number of nitrogens with one attached hydrogen (secondary N) is 1. The molecule has 1 heterocycles. The SMILES string of the molecule is CCc1c(C)nc(-c2c(F)ccc([N+](=O)[O-])c2F)[nH]c1=O. The van der Waals surface area contributed by atoms with Crippen molar-refractivity contribution in [3.05, 3.63) is 55.5 Å². The zero-order valence-corrected chi connectivity index (χ0v) is 11.2. The van der Waals surface area contributed by atoms with Crippen LogP contribution in [0.4, 0.5) is 14.5 Å². The number of rotatable bonds is 3. The third-order valence-electron chi connectivity index (χ3n) is 3.08. The van der Waals surface area contributed by atoms with Crippen molar-refractivity contribution in [3.63, 3.8) is 0 Å². The Balaban J connectivity index is 2.76. The highest BCUT2D eigenvalue weighted by Crippen LogP contribution is 2.29. The molecule has 0 fully saturated rings. The normalized spacial score (nSPS) is 10.7. The van der Waals surface area contributed by atoms with Crippen molar-refractivity contribution >= 4 is 5.69 Å². The maximum absolute atomic E-state index is 14.1. The van der Waals surface area contributed by atoms with Gasteiger partial charge in [0.15, 0.2) is 0 Å². The van der Waals surface area contributed by atoms with Gasteiger partial charge < -0.3 is 4.98 Å². The smallest absolute Gasteiger partial charge is 0.305 e. The van der Waals surface area contributed by atoms with Crippen molar-refractivity contribution in [1.29, 1.82) is 0 Å². The van der Waals surface area contributed by atoms with Gasteiger partial charge >= 0.3 is 5.69 Å². The van der Waals surface area contributed by atoms with Crippen LogP contribution in [0.25, 0.3) is 11.4 Å². The molecule has 8 heteroatoms. The molecule has 2 aromatic rings. The van der Waals surface area contributed by atoms with Crippen LogP contribution in [0.2, 0.25) is 0 Å². The Labute approximate surface area is 117 Å². The lowest BCUT2D eigenvalue weighted by atomic mass is 10.1. The Morgan fingerprint density at radius 1 is 1.38 bits per heavy atom. The van der Waals surface area contributed by atoms with Crippen molar-refractivity contribution in [2.24, 2.45) is 0 Å². The monoisotopic (exact) mass is 295 g/mol. The Kier molecular flexibility index (Phi) is 3.79. The summed E-state index contributed by atoms with van der Waals surface area (Å²) in [5.41, 5.74) is -1.41. The molecule has 0 aliphatic carbocycles. The van der Waals surface area contributed by atoms with Crippen molar-refractivity contribution < 1.29 is 13.7 Å². The van der Waals surface area contributed by atoms with Gasteiger partial charge in [-0.2, -0.15) is 4.39 Å². The number of hydrogen-bond acceptors (Lipinski definition) is 4. The van der Waals surface area contributed by atoms with Gasteiger partial charge in [0.25, 0.3) is 5.56 Å². The van der Waals surface area contributed by atoms with Gasteiger partial charge in [-0.05, 0) is 19.4 Å². The van der Waals surface area contributed by atoms with Crippen LogP contribution in [0.15, 0.2) is 16.9 Å². The van der Waals surface area contributed by atoms with E-state index in [4.69, 9.17) is 0 Å². The van der Waals surface area contributed by atoms with E-state index < -0.39 is 33.4 Å². The van der Waals surface area contributed by atoms with E-state index in [9.17, 15) is 23.7 Å². The molecule has 0 saturated carbocycles. The highest BCUT2D eigenvalue weighted by atomic mass is 19.1. The molecular weight excluding hydrogens is 284 g/mol. The zero-order chi connectivity index (χ0) is 15.7. The largest absolute Gasteiger partial charge is 0.306 e. The van der Waals surface area contributed by atoms with Crippen LogP contribution < -0.4 is 5.56 Å². The minimum atomic E-state index is -1.37. The quantitative estimate of drug-likeness (QED) is 0.696. The first-order valence-electron chi connectivity index (χ1n) is 6.09. The molecule has 0 amide bonds. The Hall–Kier alpha value is -2.64. The van der Waals surface area contributed by atoms with E-state index in [0.29, 0.717) is 17.7 Å². The second kappa shape index (κ2) is 5.39. The van der Waals surface area contributed by atoms with Crippen LogP contribution >= 0.6 is 0 Å². The predicted molar refractivity (Wildman–Crippen MR) is 71.0 cm³/mol. The molecule has 1 N–H and O–H groups in total. The minimum Gasteiger partial charge on any atom is -0.306 e. The molecule has 0 aliphatic rings. The van der Waals surface area contributed by atoms with Gasteiger partial charge in [0.05, 0.1) is 10.5 Å². The van der Waals surface area contributed by atoms with E-state index in [-0.39, 0.29) is 5.82 Å². The number of nitro groups is 1. The number of nitro benzene ring substituents is 1. The first-order valence-corrected chi connectivity index (χ1v) is 6.09. The highest BCUT2D eigenvalue weighted by Gasteiger charge is 2.24. The third kappa shape index (κ3) is 2.51. The number of halogens is 2. The lowest BCUT2D eigenvalue weighted by molar-refractivity contribution is -0.387. The van der Waals surface area contributed by atoms with Gasteiger partial charge in [-0.3, -0.25) is 14.9 Å². The van der Waals surface area contributed by atoms with Gasteiger partial charge in [-0.1, -0.05) is 6.92 Å². The van der Waals surface area contributed by atoms with Crippen molar-refractivity contribution in [1.82, 2.24) is 9.97 Å². The summed E-state index contributed by atoms with van der Waals surface area (Å²) < 4.78 is 27.9. The Morgan fingerprint density at radius 2 is 2.05 bits per heavy atom. The summed E-state index contributed by atoms with van der Waals surface area (Å²) in [6.45, 7) is 3.28. The number of aromatic nitrogens is 2. The highest BCUT2D eigenvalue weighted by molar-refractivity contribution is 5.61. The fourth-order valence-electron chi connectivity index (χ4n) is 2.04. The standard InChI is InChI=1S/C13H11F2N3O3/c1-3-7-6(2)16-12(17-13(7)19)10-8(14)4-5-9(11(10)15)18(20)21/h4-5H,3H2,1-2H3,(H,16,17,19). The number of H-pyrrole nitrogens is 1. The fourth-order valence-corrected chi connectivity index (χ4v) is 2.04. The molecule has 0 unspecified atom stereocenters. The molecule has 0 radical (unpaired) electrons. The second-order valence-electron chi connectivity index (χ2n) is 4.34. The van der Waals surface area contributed by atoms with Gasteiger partial charge in [-0.25, -0.2) is 9.37 Å². The van der Waals surface area contributed by atoms with Gasteiger partial charge in [0, 0.05) is 17.3 Å². The minimum absolute atomic E-state index is 0.321. The average Bonchev–Trinajstić information content (AvgIpc) is 2.38. The molecule has 0 spiro atoms. The van der Waals surface area contributed by atoms with Gasteiger partial charge in [0.1, 0.15) is 11.6 Å². The van der Waals surface area contributed by atoms with E-state index in [1.54, 1.807) is 6.92 Å². The van der Waals surface area contributed by atoms with Crippen LogP contribution in [0.3, 0.4) is 0 Å². The topological polar surface area (TPSA) is 88.9 Å². The predicted octanol–water partition coefficient (Wildman–Crippen LogP) is 2.49. The van der Waals surface area contributed by atoms with Gasteiger partial charge in [0.2, 0.25) is 5.82 Å². The van der Waals surface area contributed by atoms with Crippen LogP contribution in [-0.4, -0.2) is 14.9 Å². The lowest BCUT2D eigenvalue weighted by Gasteiger charge is -2.07. The van der Waals surface area contributed by atoms with E-state index in [0.717, 1.165) is 12.1 Å². The van der Waals surface area contributed by atoms with Crippen molar-refractivity contribution in [2.75, 3.05) is 0 Å². The summed E-state index contributed by atoms with van der Waals surface area (Å²) in [5.74, 6) is -2.77.